The van der Waals surface area contributed by atoms with Crippen LogP contribution >= 0.6 is 0 Å². The van der Waals surface area contributed by atoms with Gasteiger partial charge >= 0.3 is 5.97 Å². The molecule has 0 aliphatic carbocycles. The highest BCUT2D eigenvalue weighted by Crippen LogP contribution is 2.39. The van der Waals surface area contributed by atoms with Gasteiger partial charge in [0.1, 0.15) is 0 Å². The number of ether oxygens (including phenoxy) is 3. The maximum absolute atomic E-state index is 13.1. The van der Waals surface area contributed by atoms with E-state index in [0.717, 1.165) is 17.5 Å². The van der Waals surface area contributed by atoms with E-state index in [1.807, 2.05) is 32.0 Å². The molecule has 2 aromatic carbocycles. The van der Waals surface area contributed by atoms with Gasteiger partial charge in [0.15, 0.2) is 11.5 Å². The van der Waals surface area contributed by atoms with Gasteiger partial charge in [0, 0.05) is 23.4 Å². The van der Waals surface area contributed by atoms with Crippen LogP contribution in [0.1, 0.15) is 54.2 Å². The molecule has 7 nitrogen and oxygen atoms in total. The number of anilines is 1. The average Bonchev–Trinajstić information content (AvgIpc) is 3.09. The molecule has 0 bridgehead atoms. The largest absolute Gasteiger partial charge is 0.490 e. The van der Waals surface area contributed by atoms with Crippen LogP contribution in [0.3, 0.4) is 0 Å². The Morgan fingerprint density at radius 2 is 1.97 bits per heavy atom. The molecule has 2 N–H and O–H groups in total. The van der Waals surface area contributed by atoms with Crippen LogP contribution in [-0.2, 0) is 16.1 Å². The Labute approximate surface area is 176 Å². The van der Waals surface area contributed by atoms with E-state index in [2.05, 4.69) is 0 Å². The van der Waals surface area contributed by atoms with Crippen molar-refractivity contribution in [1.82, 2.24) is 4.90 Å². The van der Waals surface area contributed by atoms with E-state index in [0.29, 0.717) is 42.5 Å². The van der Waals surface area contributed by atoms with Gasteiger partial charge in [-0.2, -0.15) is 0 Å². The van der Waals surface area contributed by atoms with Crippen molar-refractivity contribution in [3.8, 4) is 11.5 Å². The third-order valence-corrected chi connectivity index (χ3v) is 5.11. The highest BCUT2D eigenvalue weighted by molar-refractivity contribution is 6.00. The predicted octanol–water partition coefficient (Wildman–Crippen LogP) is 3.72. The number of rotatable bonds is 9. The standard InChI is InChI=1S/C23H28N2O5/c1-4-11-30-20-10-9-15(12-21(20)29-5-2)19(13-22(26)28-3)25-14-17-16(23(25)27)7-6-8-18(17)24/h6-10,12,19H,4-5,11,13-14,24H2,1-3H3. The summed E-state index contributed by atoms with van der Waals surface area (Å²) in [5.74, 6) is 0.665. The smallest absolute Gasteiger partial charge is 0.307 e. The fraction of sp³-hybridized carbons (Fsp3) is 0.391. The van der Waals surface area contributed by atoms with Crippen molar-refractivity contribution >= 4 is 17.6 Å². The third-order valence-electron chi connectivity index (χ3n) is 5.11. The molecule has 1 atom stereocenters. The Morgan fingerprint density at radius 3 is 2.63 bits per heavy atom. The number of hydrogen-bond acceptors (Lipinski definition) is 6. The molecule has 1 aliphatic rings. The van der Waals surface area contributed by atoms with Gasteiger partial charge in [0.05, 0.1) is 32.8 Å². The molecular weight excluding hydrogens is 384 g/mol. The fourth-order valence-corrected chi connectivity index (χ4v) is 3.61. The minimum Gasteiger partial charge on any atom is -0.490 e. The molecule has 1 unspecified atom stereocenters. The molecule has 3 rings (SSSR count). The van der Waals surface area contributed by atoms with Crippen LogP contribution in [0.5, 0.6) is 11.5 Å². The van der Waals surface area contributed by atoms with Crippen molar-refractivity contribution in [3.63, 3.8) is 0 Å². The Balaban J connectivity index is 1.98. The molecule has 0 spiro atoms. The number of carbonyl (C=O) groups excluding carboxylic acids is 2. The lowest BCUT2D eigenvalue weighted by Crippen LogP contribution is -2.31. The number of methoxy groups -OCH3 is 1. The Hall–Kier alpha value is -3.22. The number of esters is 1. The van der Waals surface area contributed by atoms with Crippen molar-refractivity contribution < 1.29 is 23.8 Å². The fourth-order valence-electron chi connectivity index (χ4n) is 3.61. The second-order valence-corrected chi connectivity index (χ2v) is 7.09. The highest BCUT2D eigenvalue weighted by atomic mass is 16.5. The number of nitrogens with zero attached hydrogens (tertiary/aromatic N) is 1. The number of carbonyl (C=O) groups is 2. The summed E-state index contributed by atoms with van der Waals surface area (Å²) >= 11 is 0. The zero-order chi connectivity index (χ0) is 21.7. The number of nitrogen functional groups attached to an aromatic ring is 1. The first kappa shape index (κ1) is 21.5. The van der Waals surface area contributed by atoms with E-state index < -0.39 is 12.0 Å². The van der Waals surface area contributed by atoms with E-state index in [1.165, 1.54) is 7.11 Å². The maximum Gasteiger partial charge on any atom is 0.307 e. The number of benzene rings is 2. The summed E-state index contributed by atoms with van der Waals surface area (Å²) in [5.41, 5.74) is 8.77. The number of amides is 1. The molecule has 0 saturated carbocycles. The van der Waals surface area contributed by atoms with Gasteiger partial charge in [-0.05, 0) is 43.2 Å². The van der Waals surface area contributed by atoms with Crippen LogP contribution in [0.15, 0.2) is 36.4 Å². The summed E-state index contributed by atoms with van der Waals surface area (Å²) < 4.78 is 16.4. The van der Waals surface area contributed by atoms with Crippen molar-refractivity contribution in [2.45, 2.75) is 39.3 Å². The first-order chi connectivity index (χ1) is 14.5. The molecule has 7 heteroatoms. The van der Waals surface area contributed by atoms with Crippen LogP contribution in [0.4, 0.5) is 5.69 Å². The van der Waals surface area contributed by atoms with E-state index in [1.54, 1.807) is 23.1 Å². The van der Waals surface area contributed by atoms with Crippen LogP contribution in [0.2, 0.25) is 0 Å². The van der Waals surface area contributed by atoms with Crippen molar-refractivity contribution in [2.75, 3.05) is 26.1 Å². The maximum atomic E-state index is 13.1. The summed E-state index contributed by atoms with van der Waals surface area (Å²) in [6.45, 7) is 5.30. The summed E-state index contributed by atoms with van der Waals surface area (Å²) in [4.78, 5) is 27.0. The number of nitrogens with two attached hydrogens (primary N) is 1. The minimum absolute atomic E-state index is 0.0247. The van der Waals surface area contributed by atoms with E-state index in [9.17, 15) is 9.59 Å². The van der Waals surface area contributed by atoms with Gasteiger partial charge in [-0.15, -0.1) is 0 Å². The minimum atomic E-state index is -0.517. The van der Waals surface area contributed by atoms with Gasteiger partial charge in [-0.1, -0.05) is 19.1 Å². The summed E-state index contributed by atoms with van der Waals surface area (Å²) in [7, 11) is 1.34. The Morgan fingerprint density at radius 1 is 1.17 bits per heavy atom. The predicted molar refractivity (Wildman–Crippen MR) is 113 cm³/mol. The second-order valence-electron chi connectivity index (χ2n) is 7.09. The number of fused-ring (bicyclic) bond motifs is 1. The quantitative estimate of drug-likeness (QED) is 0.499. The van der Waals surface area contributed by atoms with Crippen molar-refractivity contribution in [3.05, 3.63) is 53.1 Å². The summed E-state index contributed by atoms with van der Waals surface area (Å²) in [5, 5.41) is 0. The van der Waals surface area contributed by atoms with Gasteiger partial charge in [0.25, 0.3) is 5.91 Å². The first-order valence-corrected chi connectivity index (χ1v) is 10.1. The van der Waals surface area contributed by atoms with Crippen LogP contribution in [0, 0.1) is 0 Å². The van der Waals surface area contributed by atoms with E-state index >= 15 is 0 Å². The molecule has 1 heterocycles. The van der Waals surface area contributed by atoms with Crippen molar-refractivity contribution in [2.24, 2.45) is 0 Å². The topological polar surface area (TPSA) is 91.1 Å². The molecular formula is C23H28N2O5. The SMILES string of the molecule is CCCOc1ccc(C(CC(=O)OC)N2Cc3c(N)cccc3C2=O)cc1OCC. The van der Waals surface area contributed by atoms with Crippen LogP contribution in [-0.4, -0.2) is 37.1 Å². The molecule has 30 heavy (non-hydrogen) atoms. The van der Waals surface area contributed by atoms with Gasteiger partial charge in [-0.25, -0.2) is 0 Å². The van der Waals surface area contributed by atoms with E-state index in [4.69, 9.17) is 19.9 Å². The first-order valence-electron chi connectivity index (χ1n) is 10.1. The van der Waals surface area contributed by atoms with E-state index in [-0.39, 0.29) is 12.3 Å². The third kappa shape index (κ3) is 4.35. The molecule has 0 radical (unpaired) electrons. The lowest BCUT2D eigenvalue weighted by Gasteiger charge is -2.28. The van der Waals surface area contributed by atoms with Gasteiger partial charge in [-0.3, -0.25) is 9.59 Å². The number of hydrogen-bond donors (Lipinski definition) is 1. The molecule has 0 aromatic heterocycles. The molecule has 2 aromatic rings. The second kappa shape index (κ2) is 9.52. The highest BCUT2D eigenvalue weighted by Gasteiger charge is 2.36. The summed E-state index contributed by atoms with van der Waals surface area (Å²) in [6.07, 6.45) is 0.900. The monoisotopic (exact) mass is 412 g/mol. The molecule has 1 amide bonds. The molecule has 0 fully saturated rings. The Bertz CT molecular complexity index is 928. The molecule has 0 saturated heterocycles. The lowest BCUT2D eigenvalue weighted by atomic mass is 10.0. The summed E-state index contributed by atoms with van der Waals surface area (Å²) in [6, 6.07) is 10.3. The lowest BCUT2D eigenvalue weighted by molar-refractivity contribution is -0.141. The van der Waals surface area contributed by atoms with Gasteiger partial charge < -0.3 is 24.8 Å². The van der Waals surface area contributed by atoms with Crippen molar-refractivity contribution in [1.29, 1.82) is 0 Å². The Kier molecular flexibility index (Phi) is 6.82. The van der Waals surface area contributed by atoms with Crippen LogP contribution < -0.4 is 15.2 Å². The molecule has 1 aliphatic heterocycles. The molecule has 160 valence electrons. The van der Waals surface area contributed by atoms with Crippen LogP contribution in [0.25, 0.3) is 0 Å². The zero-order valence-electron chi connectivity index (χ0n) is 17.6. The van der Waals surface area contributed by atoms with Gasteiger partial charge in [0.2, 0.25) is 0 Å². The normalized spacial score (nSPS) is 13.7. The average molecular weight is 412 g/mol. The zero-order valence-corrected chi connectivity index (χ0v) is 17.6.